The highest BCUT2D eigenvalue weighted by molar-refractivity contribution is 5.94. The summed E-state index contributed by atoms with van der Waals surface area (Å²) in [6.07, 6.45) is 1.61. The van der Waals surface area contributed by atoms with Crippen LogP contribution in [0.4, 0.5) is 8.78 Å². The third-order valence-electron chi connectivity index (χ3n) is 2.81. The van der Waals surface area contributed by atoms with E-state index in [1.165, 1.54) is 24.3 Å². The summed E-state index contributed by atoms with van der Waals surface area (Å²) in [6.45, 7) is -0.287. The summed E-state index contributed by atoms with van der Waals surface area (Å²) in [6, 6.07) is 5.52. The summed E-state index contributed by atoms with van der Waals surface area (Å²) in [5.41, 5.74) is 0.391. The second-order valence-electron chi connectivity index (χ2n) is 4.59. The quantitative estimate of drug-likeness (QED) is 0.722. The number of hydrogen-bond acceptors (Lipinski definition) is 3. The molecule has 0 radical (unpaired) electrons. The van der Waals surface area contributed by atoms with Gasteiger partial charge in [0.15, 0.2) is 0 Å². The molecule has 0 aliphatic carbocycles. The number of hydrogen-bond donors (Lipinski definition) is 2. The van der Waals surface area contributed by atoms with Gasteiger partial charge in [0.05, 0.1) is 0 Å². The number of benzene rings is 1. The third kappa shape index (κ3) is 5.97. The first-order valence-electron chi connectivity index (χ1n) is 6.47. The van der Waals surface area contributed by atoms with E-state index in [2.05, 4.69) is 10.1 Å². The Bertz CT molecular complexity index is 409. The van der Waals surface area contributed by atoms with Gasteiger partial charge in [-0.25, -0.2) is 0 Å². The first kappa shape index (κ1) is 16.4. The van der Waals surface area contributed by atoms with E-state index in [0.29, 0.717) is 12.1 Å². The molecule has 1 amide bonds. The van der Waals surface area contributed by atoms with Gasteiger partial charge in [0.2, 0.25) is 0 Å². The molecule has 2 N–H and O–H groups in total. The van der Waals surface area contributed by atoms with Crippen LogP contribution in [0.1, 0.15) is 30.1 Å². The maximum absolute atomic E-state index is 12.0. The van der Waals surface area contributed by atoms with Crippen molar-refractivity contribution in [1.82, 2.24) is 5.32 Å². The van der Waals surface area contributed by atoms with Crippen LogP contribution in [-0.4, -0.2) is 30.8 Å². The minimum atomic E-state index is -2.87. The molecule has 0 aliphatic heterocycles. The van der Waals surface area contributed by atoms with Crippen molar-refractivity contribution in [3.63, 3.8) is 0 Å². The van der Waals surface area contributed by atoms with Crippen molar-refractivity contribution >= 4 is 5.91 Å². The van der Waals surface area contributed by atoms with E-state index in [1.54, 1.807) is 0 Å². The molecule has 0 saturated carbocycles. The molecule has 4 nitrogen and oxygen atoms in total. The van der Waals surface area contributed by atoms with Crippen molar-refractivity contribution in [1.29, 1.82) is 0 Å². The standard InChI is InChI=1S/C14H19F2NO3/c1-10(9-18)3-2-8-17-13(19)11-4-6-12(7-5-11)20-14(15)16/h4-7,10,14,18H,2-3,8-9H2,1H3,(H,17,19). The van der Waals surface area contributed by atoms with Crippen LogP contribution in [0.3, 0.4) is 0 Å². The summed E-state index contributed by atoms with van der Waals surface area (Å²) in [7, 11) is 0. The summed E-state index contributed by atoms with van der Waals surface area (Å²) >= 11 is 0. The number of alkyl halides is 2. The van der Waals surface area contributed by atoms with Gasteiger partial charge >= 0.3 is 6.61 Å². The highest BCUT2D eigenvalue weighted by atomic mass is 19.3. The largest absolute Gasteiger partial charge is 0.435 e. The lowest BCUT2D eigenvalue weighted by molar-refractivity contribution is -0.0498. The van der Waals surface area contributed by atoms with Gasteiger partial charge in [-0.2, -0.15) is 8.78 Å². The van der Waals surface area contributed by atoms with E-state index in [4.69, 9.17) is 5.11 Å². The average Bonchev–Trinajstić information content (AvgIpc) is 2.43. The molecule has 0 aliphatic rings. The number of halogens is 2. The molecule has 1 aromatic rings. The lowest BCUT2D eigenvalue weighted by atomic mass is 10.1. The maximum atomic E-state index is 12.0. The highest BCUT2D eigenvalue weighted by Gasteiger charge is 2.08. The van der Waals surface area contributed by atoms with Crippen LogP contribution >= 0.6 is 0 Å². The lowest BCUT2D eigenvalue weighted by Gasteiger charge is -2.09. The zero-order valence-electron chi connectivity index (χ0n) is 11.3. The molecular weight excluding hydrogens is 268 g/mol. The molecule has 0 saturated heterocycles. The first-order chi connectivity index (χ1) is 9.52. The SMILES string of the molecule is CC(CO)CCCNC(=O)c1ccc(OC(F)F)cc1. The molecule has 1 unspecified atom stereocenters. The van der Waals surface area contributed by atoms with Gasteiger partial charge in [0.25, 0.3) is 5.91 Å². The molecular formula is C14H19F2NO3. The Labute approximate surface area is 116 Å². The van der Waals surface area contributed by atoms with Gasteiger partial charge in [-0.05, 0) is 43.0 Å². The second-order valence-corrected chi connectivity index (χ2v) is 4.59. The van der Waals surface area contributed by atoms with Crippen molar-refractivity contribution in [3.8, 4) is 5.75 Å². The summed E-state index contributed by atoms with van der Waals surface area (Å²) in [5, 5.41) is 11.6. The van der Waals surface area contributed by atoms with Crippen molar-refractivity contribution in [3.05, 3.63) is 29.8 Å². The smallest absolute Gasteiger partial charge is 0.387 e. The van der Waals surface area contributed by atoms with Crippen LogP contribution in [0.2, 0.25) is 0 Å². The van der Waals surface area contributed by atoms with Crippen molar-refractivity contribution in [2.24, 2.45) is 5.92 Å². The van der Waals surface area contributed by atoms with E-state index >= 15 is 0 Å². The van der Waals surface area contributed by atoms with Gasteiger partial charge in [0.1, 0.15) is 5.75 Å². The van der Waals surface area contributed by atoms with Crippen LogP contribution in [0.15, 0.2) is 24.3 Å². The molecule has 0 fully saturated rings. The first-order valence-corrected chi connectivity index (χ1v) is 6.47. The van der Waals surface area contributed by atoms with E-state index in [9.17, 15) is 13.6 Å². The fourth-order valence-electron chi connectivity index (χ4n) is 1.63. The van der Waals surface area contributed by atoms with Crippen LogP contribution in [0, 0.1) is 5.92 Å². The molecule has 1 atom stereocenters. The number of rotatable bonds is 8. The molecule has 0 bridgehead atoms. The predicted octanol–water partition coefficient (Wildman–Crippen LogP) is 2.43. The lowest BCUT2D eigenvalue weighted by Crippen LogP contribution is -2.24. The van der Waals surface area contributed by atoms with Crippen LogP contribution in [0.25, 0.3) is 0 Å². The van der Waals surface area contributed by atoms with Crippen LogP contribution in [0.5, 0.6) is 5.75 Å². The number of nitrogens with one attached hydrogen (secondary N) is 1. The Balaban J connectivity index is 2.36. The topological polar surface area (TPSA) is 58.6 Å². The number of amides is 1. The van der Waals surface area contributed by atoms with E-state index in [-0.39, 0.29) is 24.2 Å². The number of aliphatic hydroxyl groups excluding tert-OH is 1. The zero-order chi connectivity index (χ0) is 15.0. The molecule has 20 heavy (non-hydrogen) atoms. The molecule has 0 aromatic heterocycles. The Morgan fingerprint density at radius 2 is 2.00 bits per heavy atom. The Morgan fingerprint density at radius 1 is 1.35 bits per heavy atom. The minimum Gasteiger partial charge on any atom is -0.435 e. The maximum Gasteiger partial charge on any atom is 0.387 e. The number of aliphatic hydroxyl groups is 1. The minimum absolute atomic E-state index is 0.0216. The summed E-state index contributed by atoms with van der Waals surface area (Å²) in [5.74, 6) is -0.0174. The third-order valence-corrected chi connectivity index (χ3v) is 2.81. The Kier molecular flexibility index (Phi) is 6.93. The molecule has 1 rings (SSSR count). The average molecular weight is 287 g/mol. The second kappa shape index (κ2) is 8.47. The Morgan fingerprint density at radius 3 is 2.55 bits per heavy atom. The van der Waals surface area contributed by atoms with Crippen molar-refractivity contribution in [2.45, 2.75) is 26.4 Å². The van der Waals surface area contributed by atoms with E-state index in [0.717, 1.165) is 12.8 Å². The van der Waals surface area contributed by atoms with Gasteiger partial charge in [-0.1, -0.05) is 6.92 Å². The fourth-order valence-corrected chi connectivity index (χ4v) is 1.63. The molecule has 112 valence electrons. The monoisotopic (exact) mass is 287 g/mol. The normalized spacial score (nSPS) is 12.2. The summed E-state index contributed by atoms with van der Waals surface area (Å²) < 4.78 is 28.1. The van der Waals surface area contributed by atoms with Gasteiger partial charge < -0.3 is 15.2 Å². The van der Waals surface area contributed by atoms with Crippen LogP contribution < -0.4 is 10.1 Å². The fraction of sp³-hybridized carbons (Fsp3) is 0.500. The molecule has 1 aromatic carbocycles. The number of ether oxygens (including phenoxy) is 1. The number of carbonyl (C=O) groups excluding carboxylic acids is 1. The molecule has 0 spiro atoms. The van der Waals surface area contributed by atoms with E-state index < -0.39 is 6.61 Å². The molecule has 6 heteroatoms. The zero-order valence-corrected chi connectivity index (χ0v) is 11.3. The van der Waals surface area contributed by atoms with E-state index in [1.807, 2.05) is 6.92 Å². The van der Waals surface area contributed by atoms with Crippen molar-refractivity contribution < 1.29 is 23.4 Å². The Hall–Kier alpha value is -1.69. The summed E-state index contributed by atoms with van der Waals surface area (Å²) in [4.78, 5) is 11.7. The van der Waals surface area contributed by atoms with Gasteiger partial charge in [-0.3, -0.25) is 4.79 Å². The van der Waals surface area contributed by atoms with Gasteiger partial charge in [-0.15, -0.1) is 0 Å². The molecule has 0 heterocycles. The predicted molar refractivity (Wildman–Crippen MR) is 70.9 cm³/mol. The van der Waals surface area contributed by atoms with Crippen LogP contribution in [-0.2, 0) is 0 Å². The van der Waals surface area contributed by atoms with Gasteiger partial charge in [0, 0.05) is 18.7 Å². The van der Waals surface area contributed by atoms with Crippen molar-refractivity contribution in [2.75, 3.05) is 13.2 Å². The number of carbonyl (C=O) groups is 1. The highest BCUT2D eigenvalue weighted by Crippen LogP contribution is 2.14.